The topological polar surface area (TPSA) is 51.0 Å². The van der Waals surface area contributed by atoms with Gasteiger partial charge in [-0.25, -0.2) is 0 Å². The molecule has 96 valence electrons. The average molecular weight is 263 g/mol. The van der Waals surface area contributed by atoms with Gasteiger partial charge < -0.3 is 9.84 Å². The molecule has 18 heavy (non-hydrogen) atoms. The van der Waals surface area contributed by atoms with E-state index in [0.29, 0.717) is 11.8 Å². The fourth-order valence-electron chi connectivity index (χ4n) is 1.45. The molecule has 1 heterocycles. The fourth-order valence-corrected chi connectivity index (χ4v) is 1.86. The van der Waals surface area contributed by atoms with Crippen molar-refractivity contribution in [1.82, 2.24) is 10.1 Å². The summed E-state index contributed by atoms with van der Waals surface area (Å²) in [4.78, 5) is 5.54. The highest BCUT2D eigenvalue weighted by Gasteiger charge is 2.15. The third-order valence-corrected chi connectivity index (χ3v) is 3.00. The van der Waals surface area contributed by atoms with Crippen molar-refractivity contribution in [2.24, 2.45) is 0 Å². The fraction of sp³-hybridized carbons (Fsp3) is 0.385. The van der Waals surface area contributed by atoms with E-state index in [1.807, 2.05) is 45.0 Å². The monoisotopic (exact) mass is 263 g/mol. The second kappa shape index (κ2) is 5.02. The maximum absolute atomic E-state index is 5.17. The van der Waals surface area contributed by atoms with Crippen molar-refractivity contribution in [3.63, 3.8) is 0 Å². The first-order chi connectivity index (χ1) is 8.48. The Balaban J connectivity index is 2.18. The Bertz CT molecular complexity index is 514. The smallest absolute Gasteiger partial charge is 0.322 e. The van der Waals surface area contributed by atoms with Crippen molar-refractivity contribution in [2.45, 2.75) is 31.2 Å². The van der Waals surface area contributed by atoms with Gasteiger partial charge in [0.15, 0.2) is 0 Å². The van der Waals surface area contributed by atoms with E-state index in [4.69, 9.17) is 4.52 Å². The second-order valence-electron chi connectivity index (χ2n) is 5.03. The van der Waals surface area contributed by atoms with E-state index in [1.54, 1.807) is 11.8 Å². The Morgan fingerprint density at radius 2 is 1.83 bits per heavy atom. The lowest BCUT2D eigenvalue weighted by molar-refractivity contribution is 0.420. The Hall–Kier alpha value is -1.49. The minimum Gasteiger partial charge on any atom is -0.333 e. The van der Waals surface area contributed by atoms with Gasteiger partial charge in [0.05, 0.1) is 0 Å². The maximum Gasteiger partial charge on any atom is 0.322 e. The standard InChI is InChI=1S/C13H17N3OS/c1-13(2,3)15-12-14-11(16-17-12)9-5-7-10(18-4)8-6-9/h5-8H,1-4H3,(H,14,15,16). The van der Waals surface area contributed by atoms with Gasteiger partial charge in [-0.05, 0) is 51.3 Å². The summed E-state index contributed by atoms with van der Waals surface area (Å²) in [7, 11) is 0. The quantitative estimate of drug-likeness (QED) is 0.856. The summed E-state index contributed by atoms with van der Waals surface area (Å²) in [5.41, 5.74) is 0.866. The molecule has 0 aliphatic carbocycles. The van der Waals surface area contributed by atoms with Crippen LogP contribution < -0.4 is 5.32 Å². The van der Waals surface area contributed by atoms with Crippen molar-refractivity contribution in [2.75, 3.05) is 11.6 Å². The van der Waals surface area contributed by atoms with Gasteiger partial charge in [-0.3, -0.25) is 0 Å². The molecule has 0 saturated heterocycles. The lowest BCUT2D eigenvalue weighted by Gasteiger charge is -2.17. The summed E-state index contributed by atoms with van der Waals surface area (Å²) >= 11 is 1.71. The molecule has 0 fully saturated rings. The van der Waals surface area contributed by atoms with Crippen LogP contribution in [-0.2, 0) is 0 Å². The van der Waals surface area contributed by atoms with Crippen LogP contribution in [0.5, 0.6) is 0 Å². The maximum atomic E-state index is 5.17. The molecule has 4 nitrogen and oxygen atoms in total. The molecule has 1 N–H and O–H groups in total. The predicted molar refractivity (Wildman–Crippen MR) is 74.9 cm³/mol. The van der Waals surface area contributed by atoms with E-state index in [2.05, 4.69) is 21.7 Å². The van der Waals surface area contributed by atoms with E-state index >= 15 is 0 Å². The highest BCUT2D eigenvalue weighted by Crippen LogP contribution is 2.22. The molecule has 5 heteroatoms. The third kappa shape index (κ3) is 3.26. The van der Waals surface area contributed by atoms with Gasteiger partial charge in [-0.1, -0.05) is 5.16 Å². The average Bonchev–Trinajstić information content (AvgIpc) is 2.75. The van der Waals surface area contributed by atoms with Gasteiger partial charge in [0.1, 0.15) is 0 Å². The predicted octanol–water partition coefficient (Wildman–Crippen LogP) is 3.67. The summed E-state index contributed by atoms with van der Waals surface area (Å²) in [5.74, 6) is 0.606. The molecule has 0 atom stereocenters. The van der Waals surface area contributed by atoms with Crippen LogP contribution in [0.15, 0.2) is 33.7 Å². The highest BCUT2D eigenvalue weighted by atomic mass is 32.2. The van der Waals surface area contributed by atoms with E-state index in [1.165, 1.54) is 4.90 Å². The zero-order valence-corrected chi connectivity index (χ0v) is 11.8. The molecule has 1 aromatic heterocycles. The van der Waals surface area contributed by atoms with Crippen LogP contribution in [0.25, 0.3) is 11.4 Å². The molecule has 0 unspecified atom stereocenters. The van der Waals surface area contributed by atoms with E-state index in [-0.39, 0.29) is 5.54 Å². The van der Waals surface area contributed by atoms with Crippen LogP contribution in [0.4, 0.5) is 6.01 Å². The number of anilines is 1. The minimum absolute atomic E-state index is 0.0908. The number of aromatic nitrogens is 2. The summed E-state index contributed by atoms with van der Waals surface area (Å²) in [6, 6.07) is 8.54. The Kier molecular flexibility index (Phi) is 3.61. The van der Waals surface area contributed by atoms with Crippen molar-refractivity contribution in [3.05, 3.63) is 24.3 Å². The first-order valence-electron chi connectivity index (χ1n) is 5.74. The molecule has 1 aromatic carbocycles. The van der Waals surface area contributed by atoms with Crippen LogP contribution in [0.2, 0.25) is 0 Å². The number of rotatable bonds is 3. The van der Waals surface area contributed by atoms with Gasteiger partial charge >= 0.3 is 6.01 Å². The molecule has 0 aliphatic rings. The number of nitrogens with one attached hydrogen (secondary N) is 1. The molecule has 0 bridgehead atoms. The van der Waals surface area contributed by atoms with Gasteiger partial charge in [-0.2, -0.15) is 4.98 Å². The van der Waals surface area contributed by atoms with Gasteiger partial charge in [0, 0.05) is 16.0 Å². The Labute approximate surface area is 111 Å². The number of nitrogens with zero attached hydrogens (tertiary/aromatic N) is 2. The normalized spacial score (nSPS) is 11.6. The molecule has 0 spiro atoms. The molecule has 0 saturated carbocycles. The minimum atomic E-state index is -0.0908. The summed E-state index contributed by atoms with van der Waals surface area (Å²) < 4.78 is 5.17. The van der Waals surface area contributed by atoms with Crippen LogP contribution in [0, 0.1) is 0 Å². The van der Waals surface area contributed by atoms with Crippen molar-refractivity contribution >= 4 is 17.8 Å². The van der Waals surface area contributed by atoms with Gasteiger partial charge in [-0.15, -0.1) is 11.8 Å². The van der Waals surface area contributed by atoms with Gasteiger partial charge in [0.25, 0.3) is 0 Å². The van der Waals surface area contributed by atoms with E-state index in [9.17, 15) is 0 Å². The lowest BCUT2D eigenvalue weighted by atomic mass is 10.1. The summed E-state index contributed by atoms with van der Waals surface area (Å²) in [6.07, 6.45) is 2.05. The second-order valence-corrected chi connectivity index (χ2v) is 5.91. The zero-order chi connectivity index (χ0) is 13.2. The summed E-state index contributed by atoms with van der Waals surface area (Å²) in [5, 5.41) is 7.12. The Morgan fingerprint density at radius 1 is 1.17 bits per heavy atom. The zero-order valence-electron chi connectivity index (χ0n) is 11.0. The number of thioether (sulfide) groups is 1. The van der Waals surface area contributed by atoms with E-state index < -0.39 is 0 Å². The SMILES string of the molecule is CSc1ccc(-c2noc(NC(C)(C)C)n2)cc1. The van der Waals surface area contributed by atoms with E-state index in [0.717, 1.165) is 5.56 Å². The summed E-state index contributed by atoms with van der Waals surface area (Å²) in [6.45, 7) is 6.14. The molecular weight excluding hydrogens is 246 g/mol. The molecule has 0 radical (unpaired) electrons. The molecular formula is C13H17N3OS. The van der Waals surface area contributed by atoms with Gasteiger partial charge in [0.2, 0.25) is 5.82 Å². The van der Waals surface area contributed by atoms with Crippen LogP contribution in [-0.4, -0.2) is 21.9 Å². The highest BCUT2D eigenvalue weighted by molar-refractivity contribution is 7.98. The van der Waals surface area contributed by atoms with Crippen LogP contribution >= 0.6 is 11.8 Å². The lowest BCUT2D eigenvalue weighted by Crippen LogP contribution is -2.26. The number of hydrogen-bond donors (Lipinski definition) is 1. The third-order valence-electron chi connectivity index (χ3n) is 2.26. The first-order valence-corrected chi connectivity index (χ1v) is 6.97. The van der Waals surface area contributed by atoms with Crippen molar-refractivity contribution in [1.29, 1.82) is 0 Å². The Morgan fingerprint density at radius 3 is 2.39 bits per heavy atom. The van der Waals surface area contributed by atoms with Crippen molar-refractivity contribution in [3.8, 4) is 11.4 Å². The first kappa shape index (κ1) is 13.0. The number of hydrogen-bond acceptors (Lipinski definition) is 5. The molecule has 2 aromatic rings. The van der Waals surface area contributed by atoms with Crippen molar-refractivity contribution < 1.29 is 4.52 Å². The molecule has 2 rings (SSSR count). The van der Waals surface area contributed by atoms with Crippen LogP contribution in [0.3, 0.4) is 0 Å². The van der Waals surface area contributed by atoms with Crippen LogP contribution in [0.1, 0.15) is 20.8 Å². The molecule has 0 aliphatic heterocycles. The molecule has 0 amide bonds. The largest absolute Gasteiger partial charge is 0.333 e. The number of benzene rings is 1.